The quantitative estimate of drug-likeness (QED) is 0.566. The lowest BCUT2D eigenvalue weighted by atomic mass is 10.1. The SMILES string of the molecule is COc1cccc(N(C)C(=O)CCc2ccc(S(=O)(=O)Nc3ccc(C)cc3)cc2)c1. The van der Waals surface area contributed by atoms with E-state index in [1.54, 1.807) is 61.5 Å². The zero-order valence-electron chi connectivity index (χ0n) is 17.8. The van der Waals surface area contributed by atoms with Crippen LogP contribution in [0.2, 0.25) is 0 Å². The van der Waals surface area contributed by atoms with E-state index in [1.165, 1.54) is 0 Å². The molecule has 1 amide bonds. The number of nitrogens with one attached hydrogen (secondary N) is 1. The average molecular weight is 439 g/mol. The fourth-order valence-electron chi connectivity index (χ4n) is 3.05. The summed E-state index contributed by atoms with van der Waals surface area (Å²) in [6.07, 6.45) is 0.820. The van der Waals surface area contributed by atoms with E-state index >= 15 is 0 Å². The summed E-state index contributed by atoms with van der Waals surface area (Å²) in [6.45, 7) is 1.94. The molecule has 0 unspecified atom stereocenters. The van der Waals surface area contributed by atoms with Crippen LogP contribution in [0.15, 0.2) is 77.7 Å². The van der Waals surface area contributed by atoms with Gasteiger partial charge in [-0.05, 0) is 55.3 Å². The van der Waals surface area contributed by atoms with Crippen molar-refractivity contribution in [3.05, 3.63) is 83.9 Å². The minimum absolute atomic E-state index is 0.0361. The molecule has 0 fully saturated rings. The highest BCUT2D eigenvalue weighted by Crippen LogP contribution is 2.21. The van der Waals surface area contributed by atoms with Crippen molar-refractivity contribution < 1.29 is 17.9 Å². The maximum Gasteiger partial charge on any atom is 0.261 e. The highest BCUT2D eigenvalue weighted by molar-refractivity contribution is 7.92. The van der Waals surface area contributed by atoms with Crippen LogP contribution in [0.5, 0.6) is 5.75 Å². The molecule has 162 valence electrons. The molecule has 0 saturated carbocycles. The molecule has 3 aromatic carbocycles. The zero-order valence-corrected chi connectivity index (χ0v) is 18.6. The van der Waals surface area contributed by atoms with Gasteiger partial charge in [0.05, 0.1) is 12.0 Å². The van der Waals surface area contributed by atoms with Crippen LogP contribution in [-0.2, 0) is 21.2 Å². The Balaban J connectivity index is 1.60. The summed E-state index contributed by atoms with van der Waals surface area (Å²) in [5.74, 6) is 0.652. The van der Waals surface area contributed by atoms with E-state index in [4.69, 9.17) is 4.74 Å². The standard InChI is InChI=1S/C24H26N2O4S/c1-18-7-12-20(13-8-18)25-31(28,29)23-14-9-19(10-15-23)11-16-24(27)26(2)21-5-4-6-22(17-21)30-3/h4-10,12-15,17,25H,11,16H2,1-3H3. The summed E-state index contributed by atoms with van der Waals surface area (Å²) in [4.78, 5) is 14.3. The Bertz CT molecular complexity index is 1140. The van der Waals surface area contributed by atoms with Crippen molar-refractivity contribution in [2.24, 2.45) is 0 Å². The van der Waals surface area contributed by atoms with E-state index in [2.05, 4.69) is 4.72 Å². The Kier molecular flexibility index (Phi) is 6.97. The van der Waals surface area contributed by atoms with Gasteiger partial charge >= 0.3 is 0 Å². The topological polar surface area (TPSA) is 75.7 Å². The molecule has 0 heterocycles. The van der Waals surface area contributed by atoms with E-state index in [0.717, 1.165) is 16.8 Å². The number of sulfonamides is 1. The number of carbonyl (C=O) groups excluding carboxylic acids is 1. The van der Waals surface area contributed by atoms with Crippen LogP contribution in [0.3, 0.4) is 0 Å². The number of rotatable bonds is 8. The number of nitrogens with zero attached hydrogens (tertiary/aromatic N) is 1. The van der Waals surface area contributed by atoms with E-state index in [9.17, 15) is 13.2 Å². The highest BCUT2D eigenvalue weighted by Gasteiger charge is 2.15. The summed E-state index contributed by atoms with van der Waals surface area (Å²) in [5, 5.41) is 0. The number of anilines is 2. The maximum atomic E-state index is 12.6. The Hall–Kier alpha value is -3.32. The van der Waals surface area contributed by atoms with Crippen molar-refractivity contribution >= 4 is 27.3 Å². The number of carbonyl (C=O) groups is 1. The van der Waals surface area contributed by atoms with Gasteiger partial charge in [-0.1, -0.05) is 35.9 Å². The molecule has 0 atom stereocenters. The molecule has 0 radical (unpaired) electrons. The summed E-state index contributed by atoms with van der Waals surface area (Å²) in [6, 6.07) is 21.1. The molecule has 3 aromatic rings. The zero-order chi connectivity index (χ0) is 22.4. The van der Waals surface area contributed by atoms with Gasteiger partial charge in [0.15, 0.2) is 0 Å². The number of aryl methyl sites for hydroxylation is 2. The molecule has 0 aliphatic carbocycles. The number of hydrogen-bond acceptors (Lipinski definition) is 4. The average Bonchev–Trinajstić information content (AvgIpc) is 2.78. The van der Waals surface area contributed by atoms with Crippen molar-refractivity contribution in [1.29, 1.82) is 0 Å². The van der Waals surface area contributed by atoms with Crippen LogP contribution in [0.25, 0.3) is 0 Å². The second-order valence-corrected chi connectivity index (χ2v) is 8.95. The molecule has 0 saturated heterocycles. The fraction of sp³-hybridized carbons (Fsp3) is 0.208. The lowest BCUT2D eigenvalue weighted by molar-refractivity contribution is -0.118. The Labute approximate surface area is 183 Å². The van der Waals surface area contributed by atoms with Gasteiger partial charge in [0.2, 0.25) is 5.91 Å². The number of benzene rings is 3. The first-order valence-corrected chi connectivity index (χ1v) is 11.4. The number of amides is 1. The van der Waals surface area contributed by atoms with E-state index < -0.39 is 10.0 Å². The van der Waals surface area contributed by atoms with Crippen molar-refractivity contribution in [3.8, 4) is 5.75 Å². The molecular formula is C24H26N2O4S. The molecule has 7 heteroatoms. The lowest BCUT2D eigenvalue weighted by Crippen LogP contribution is -2.26. The first-order valence-electron chi connectivity index (χ1n) is 9.87. The lowest BCUT2D eigenvalue weighted by Gasteiger charge is -2.18. The summed E-state index contributed by atoms with van der Waals surface area (Å²) >= 11 is 0. The summed E-state index contributed by atoms with van der Waals surface area (Å²) in [7, 11) is -0.357. The molecule has 0 spiro atoms. The van der Waals surface area contributed by atoms with Crippen LogP contribution in [-0.4, -0.2) is 28.5 Å². The van der Waals surface area contributed by atoms with Gasteiger partial charge in [-0.2, -0.15) is 0 Å². The second-order valence-electron chi connectivity index (χ2n) is 7.27. The van der Waals surface area contributed by atoms with Gasteiger partial charge in [0.25, 0.3) is 10.0 Å². The van der Waals surface area contributed by atoms with E-state index in [1.807, 2.05) is 37.3 Å². The van der Waals surface area contributed by atoms with Crippen molar-refractivity contribution in [3.63, 3.8) is 0 Å². The van der Waals surface area contributed by atoms with Crippen LogP contribution in [0.1, 0.15) is 17.5 Å². The molecule has 31 heavy (non-hydrogen) atoms. The molecular weight excluding hydrogens is 412 g/mol. The van der Waals surface area contributed by atoms with Gasteiger partial charge in [0, 0.05) is 30.9 Å². The fourth-order valence-corrected chi connectivity index (χ4v) is 4.11. The monoisotopic (exact) mass is 438 g/mol. The van der Waals surface area contributed by atoms with Gasteiger partial charge in [-0.3, -0.25) is 9.52 Å². The van der Waals surface area contributed by atoms with Crippen LogP contribution >= 0.6 is 0 Å². The van der Waals surface area contributed by atoms with Crippen LogP contribution in [0, 0.1) is 6.92 Å². The third-order valence-corrected chi connectivity index (χ3v) is 6.38. The molecule has 6 nitrogen and oxygen atoms in total. The molecule has 0 bridgehead atoms. The minimum Gasteiger partial charge on any atom is -0.497 e. The normalized spacial score (nSPS) is 11.1. The van der Waals surface area contributed by atoms with E-state index in [0.29, 0.717) is 24.3 Å². The number of ether oxygens (including phenoxy) is 1. The Morgan fingerprint density at radius 2 is 1.68 bits per heavy atom. The maximum absolute atomic E-state index is 12.6. The largest absolute Gasteiger partial charge is 0.497 e. The molecule has 0 aliphatic heterocycles. The summed E-state index contributed by atoms with van der Waals surface area (Å²) in [5.41, 5.74) is 3.22. The van der Waals surface area contributed by atoms with Crippen molar-refractivity contribution in [2.45, 2.75) is 24.7 Å². The first kappa shape index (κ1) is 22.4. The van der Waals surface area contributed by atoms with Crippen molar-refractivity contribution in [2.75, 3.05) is 23.8 Å². The van der Waals surface area contributed by atoms with E-state index in [-0.39, 0.29) is 10.8 Å². The van der Waals surface area contributed by atoms with Crippen LogP contribution < -0.4 is 14.4 Å². The second kappa shape index (κ2) is 9.66. The number of hydrogen-bond donors (Lipinski definition) is 1. The number of methoxy groups -OCH3 is 1. The Morgan fingerprint density at radius 1 is 1.00 bits per heavy atom. The molecule has 0 aromatic heterocycles. The summed E-state index contributed by atoms with van der Waals surface area (Å²) < 4.78 is 32.9. The highest BCUT2D eigenvalue weighted by atomic mass is 32.2. The third kappa shape index (κ3) is 5.86. The predicted molar refractivity (Wildman–Crippen MR) is 123 cm³/mol. The molecule has 0 aliphatic rings. The van der Waals surface area contributed by atoms with Gasteiger partial charge in [-0.25, -0.2) is 8.42 Å². The minimum atomic E-state index is -3.67. The predicted octanol–water partition coefficient (Wildman–Crippen LogP) is 4.40. The van der Waals surface area contributed by atoms with Gasteiger partial charge < -0.3 is 9.64 Å². The molecule has 3 rings (SSSR count). The Morgan fingerprint density at radius 3 is 2.32 bits per heavy atom. The van der Waals surface area contributed by atoms with Crippen molar-refractivity contribution in [1.82, 2.24) is 0 Å². The first-order chi connectivity index (χ1) is 14.8. The van der Waals surface area contributed by atoms with Gasteiger partial charge in [-0.15, -0.1) is 0 Å². The smallest absolute Gasteiger partial charge is 0.261 e. The third-order valence-electron chi connectivity index (χ3n) is 4.98. The molecule has 1 N–H and O–H groups in total. The van der Waals surface area contributed by atoms with Crippen LogP contribution in [0.4, 0.5) is 11.4 Å². The van der Waals surface area contributed by atoms with Gasteiger partial charge in [0.1, 0.15) is 5.75 Å².